The largest absolute Gasteiger partial charge is 0.368 e. The molecule has 1 aromatic carbocycles. The van der Waals surface area contributed by atoms with Crippen LogP contribution in [0.15, 0.2) is 24.3 Å². The first kappa shape index (κ1) is 17.5. The SMILES string of the molecule is CNC(=O)[C@@H]1COC2(CN(C(=O)CC3Cc4ccccc4C3)C2)CN1C. The van der Waals surface area contributed by atoms with Gasteiger partial charge < -0.3 is 15.0 Å². The molecule has 26 heavy (non-hydrogen) atoms. The van der Waals surface area contributed by atoms with Crippen molar-refractivity contribution in [3.8, 4) is 0 Å². The number of morpholine rings is 1. The quantitative estimate of drug-likeness (QED) is 0.853. The lowest BCUT2D eigenvalue weighted by molar-refractivity contribution is -0.201. The molecule has 140 valence electrons. The summed E-state index contributed by atoms with van der Waals surface area (Å²) in [5.74, 6) is 0.632. The van der Waals surface area contributed by atoms with Crippen LogP contribution in [0.4, 0.5) is 0 Å². The number of fused-ring (bicyclic) bond motifs is 1. The van der Waals surface area contributed by atoms with Crippen LogP contribution in [0, 0.1) is 5.92 Å². The number of ether oxygens (including phenoxy) is 1. The molecule has 2 amide bonds. The summed E-state index contributed by atoms with van der Waals surface area (Å²) in [7, 11) is 3.59. The van der Waals surface area contributed by atoms with Crippen LogP contribution < -0.4 is 5.32 Å². The molecule has 2 saturated heterocycles. The maximum Gasteiger partial charge on any atom is 0.239 e. The van der Waals surface area contributed by atoms with E-state index in [0.29, 0.717) is 38.6 Å². The monoisotopic (exact) mass is 357 g/mol. The molecule has 1 aliphatic carbocycles. The van der Waals surface area contributed by atoms with Gasteiger partial charge in [0.25, 0.3) is 0 Å². The highest BCUT2D eigenvalue weighted by molar-refractivity contribution is 5.82. The topological polar surface area (TPSA) is 61.9 Å². The van der Waals surface area contributed by atoms with Gasteiger partial charge >= 0.3 is 0 Å². The molecular formula is C20H27N3O3. The Morgan fingerprint density at radius 2 is 1.85 bits per heavy atom. The van der Waals surface area contributed by atoms with Crippen LogP contribution in [-0.4, -0.2) is 73.6 Å². The predicted octanol–water partition coefficient (Wildman–Crippen LogP) is 0.449. The maximum absolute atomic E-state index is 12.7. The van der Waals surface area contributed by atoms with Gasteiger partial charge in [-0.25, -0.2) is 0 Å². The molecule has 4 rings (SSSR count). The fourth-order valence-corrected chi connectivity index (χ4v) is 4.62. The Morgan fingerprint density at radius 3 is 2.42 bits per heavy atom. The van der Waals surface area contributed by atoms with E-state index in [4.69, 9.17) is 4.74 Å². The Hall–Kier alpha value is -1.92. The predicted molar refractivity (Wildman–Crippen MR) is 97.7 cm³/mol. The maximum atomic E-state index is 12.7. The number of hydrogen-bond acceptors (Lipinski definition) is 4. The van der Waals surface area contributed by atoms with Gasteiger partial charge in [0, 0.05) is 20.0 Å². The minimum Gasteiger partial charge on any atom is -0.368 e. The number of benzene rings is 1. The number of nitrogens with zero attached hydrogens (tertiary/aromatic N) is 2. The van der Waals surface area contributed by atoms with Crippen LogP contribution in [0.25, 0.3) is 0 Å². The summed E-state index contributed by atoms with van der Waals surface area (Å²) >= 11 is 0. The van der Waals surface area contributed by atoms with E-state index in [1.807, 2.05) is 16.8 Å². The van der Waals surface area contributed by atoms with Gasteiger partial charge in [0.1, 0.15) is 11.6 Å². The van der Waals surface area contributed by atoms with Crippen molar-refractivity contribution >= 4 is 11.8 Å². The molecule has 1 N–H and O–H groups in total. The fourth-order valence-electron chi connectivity index (χ4n) is 4.62. The van der Waals surface area contributed by atoms with E-state index in [2.05, 4.69) is 29.6 Å². The summed E-state index contributed by atoms with van der Waals surface area (Å²) < 4.78 is 6.01. The van der Waals surface area contributed by atoms with Crippen LogP contribution >= 0.6 is 0 Å². The lowest BCUT2D eigenvalue weighted by atomic mass is 9.89. The van der Waals surface area contributed by atoms with Crippen LogP contribution in [0.3, 0.4) is 0 Å². The lowest BCUT2D eigenvalue weighted by Crippen LogP contribution is -2.73. The first-order chi connectivity index (χ1) is 12.5. The molecule has 0 aromatic heterocycles. The van der Waals surface area contributed by atoms with Crippen molar-refractivity contribution < 1.29 is 14.3 Å². The molecule has 2 aliphatic heterocycles. The summed E-state index contributed by atoms with van der Waals surface area (Å²) in [6, 6.07) is 8.25. The molecule has 2 fully saturated rings. The van der Waals surface area contributed by atoms with Crippen molar-refractivity contribution in [3.63, 3.8) is 0 Å². The van der Waals surface area contributed by atoms with Crippen molar-refractivity contribution in [2.45, 2.75) is 30.9 Å². The third-order valence-corrected chi connectivity index (χ3v) is 6.08. The van der Waals surface area contributed by atoms with Gasteiger partial charge in [-0.1, -0.05) is 24.3 Å². The number of likely N-dealkylation sites (N-methyl/N-ethyl adjacent to an activating group) is 2. The van der Waals surface area contributed by atoms with Crippen molar-refractivity contribution in [2.75, 3.05) is 40.3 Å². The van der Waals surface area contributed by atoms with Crippen LogP contribution in [0.5, 0.6) is 0 Å². The zero-order valence-electron chi connectivity index (χ0n) is 15.5. The van der Waals surface area contributed by atoms with Crippen LogP contribution in [0.1, 0.15) is 17.5 Å². The number of hydrogen-bond donors (Lipinski definition) is 1. The Labute approximate surface area is 154 Å². The fraction of sp³-hybridized carbons (Fsp3) is 0.600. The third-order valence-electron chi connectivity index (χ3n) is 6.08. The molecule has 2 heterocycles. The average Bonchev–Trinajstić information content (AvgIpc) is 3.00. The first-order valence-corrected chi connectivity index (χ1v) is 9.40. The van der Waals surface area contributed by atoms with Gasteiger partial charge in [-0.2, -0.15) is 0 Å². The van der Waals surface area contributed by atoms with Gasteiger partial charge in [-0.15, -0.1) is 0 Å². The van der Waals surface area contributed by atoms with Crippen molar-refractivity contribution in [2.24, 2.45) is 5.92 Å². The number of carbonyl (C=O) groups excluding carboxylic acids is 2. The molecule has 0 bridgehead atoms. The van der Waals surface area contributed by atoms with Crippen molar-refractivity contribution in [3.05, 3.63) is 35.4 Å². The molecule has 1 atom stereocenters. The summed E-state index contributed by atoms with van der Waals surface area (Å²) in [6.45, 7) is 2.34. The van der Waals surface area contributed by atoms with Gasteiger partial charge in [-0.05, 0) is 36.9 Å². The zero-order chi connectivity index (χ0) is 18.3. The van der Waals surface area contributed by atoms with E-state index in [9.17, 15) is 9.59 Å². The van der Waals surface area contributed by atoms with E-state index in [1.54, 1.807) is 7.05 Å². The highest BCUT2D eigenvalue weighted by atomic mass is 16.5. The summed E-state index contributed by atoms with van der Waals surface area (Å²) in [4.78, 5) is 28.5. The second-order valence-corrected chi connectivity index (χ2v) is 8.04. The molecule has 1 spiro atoms. The van der Waals surface area contributed by atoms with Gasteiger partial charge in [0.2, 0.25) is 11.8 Å². The second-order valence-electron chi connectivity index (χ2n) is 8.04. The third kappa shape index (κ3) is 3.12. The number of likely N-dealkylation sites (tertiary alicyclic amines) is 1. The minimum absolute atomic E-state index is 0.0181. The number of nitrogens with one attached hydrogen (secondary N) is 1. The lowest BCUT2D eigenvalue weighted by Gasteiger charge is -2.54. The molecule has 0 saturated carbocycles. The molecule has 0 radical (unpaired) electrons. The standard InChI is InChI=1S/C20H27N3O3/c1-21-19(25)17-10-26-20(11-22(17)2)12-23(13-20)18(24)9-14-7-15-5-3-4-6-16(15)8-14/h3-6,14,17H,7-13H2,1-2H3,(H,21,25)/t17-/m0/s1. The Morgan fingerprint density at radius 1 is 1.19 bits per heavy atom. The molecule has 6 nitrogen and oxygen atoms in total. The second kappa shape index (κ2) is 6.67. The van der Waals surface area contributed by atoms with E-state index in [-0.39, 0.29) is 23.5 Å². The van der Waals surface area contributed by atoms with Gasteiger partial charge in [0.05, 0.1) is 19.7 Å². The van der Waals surface area contributed by atoms with E-state index < -0.39 is 0 Å². The molecule has 6 heteroatoms. The molecule has 3 aliphatic rings. The van der Waals surface area contributed by atoms with Crippen LogP contribution in [-0.2, 0) is 27.2 Å². The Kier molecular flexibility index (Phi) is 4.49. The summed E-state index contributed by atoms with van der Waals surface area (Å²) in [5, 5.41) is 2.68. The summed E-state index contributed by atoms with van der Waals surface area (Å²) in [5.41, 5.74) is 2.49. The number of amides is 2. The van der Waals surface area contributed by atoms with Crippen molar-refractivity contribution in [1.29, 1.82) is 0 Å². The highest BCUT2D eigenvalue weighted by Crippen LogP contribution is 2.33. The minimum atomic E-state index is -0.298. The van der Waals surface area contributed by atoms with Gasteiger partial charge in [0.15, 0.2) is 0 Å². The molecular weight excluding hydrogens is 330 g/mol. The highest BCUT2D eigenvalue weighted by Gasteiger charge is 2.51. The number of rotatable bonds is 3. The molecule has 0 unspecified atom stereocenters. The Bertz CT molecular complexity index is 689. The van der Waals surface area contributed by atoms with Crippen molar-refractivity contribution in [1.82, 2.24) is 15.1 Å². The summed E-state index contributed by atoms with van der Waals surface area (Å²) in [6.07, 6.45) is 2.63. The normalized spacial score (nSPS) is 25.0. The van der Waals surface area contributed by atoms with E-state index in [1.165, 1.54) is 11.1 Å². The smallest absolute Gasteiger partial charge is 0.239 e. The van der Waals surface area contributed by atoms with E-state index in [0.717, 1.165) is 12.8 Å². The first-order valence-electron chi connectivity index (χ1n) is 9.40. The molecule has 1 aromatic rings. The Balaban J connectivity index is 1.27. The zero-order valence-corrected chi connectivity index (χ0v) is 15.5. The van der Waals surface area contributed by atoms with E-state index >= 15 is 0 Å². The van der Waals surface area contributed by atoms with Gasteiger partial charge in [-0.3, -0.25) is 14.5 Å². The number of carbonyl (C=O) groups is 2. The van der Waals surface area contributed by atoms with Crippen LogP contribution in [0.2, 0.25) is 0 Å². The average molecular weight is 357 g/mol.